The van der Waals surface area contributed by atoms with Crippen molar-refractivity contribution in [1.82, 2.24) is 19.8 Å². The first kappa shape index (κ1) is 18.2. The Balaban J connectivity index is 1.61. The van der Waals surface area contributed by atoms with Gasteiger partial charge in [-0.2, -0.15) is 0 Å². The van der Waals surface area contributed by atoms with Crippen molar-refractivity contribution in [3.63, 3.8) is 0 Å². The fraction of sp³-hybridized carbons (Fsp3) is 0.190. The number of para-hydroxylation sites is 1. The van der Waals surface area contributed by atoms with E-state index in [1.165, 1.54) is 0 Å². The molecule has 2 N–H and O–H groups in total. The normalized spacial score (nSPS) is 18.8. The van der Waals surface area contributed by atoms with Gasteiger partial charge in [-0.05, 0) is 48.1 Å². The van der Waals surface area contributed by atoms with E-state index < -0.39 is 0 Å². The van der Waals surface area contributed by atoms with Crippen LogP contribution in [0.1, 0.15) is 23.3 Å². The standard InChI is InChI=1S/C21H21N5OS/c1-25-12-10-15(13-25)20-19(17-9-5-6-11-22-17)24-21(28)26(20)14-18(27)23-16-7-3-2-4-8-16/h2-13,19-20H,14H2,1H3,(H,23,27)(H,24,28)/t19-,20+/m1/s1. The van der Waals surface area contributed by atoms with Crippen LogP contribution in [0.4, 0.5) is 5.69 Å². The van der Waals surface area contributed by atoms with Gasteiger partial charge >= 0.3 is 0 Å². The van der Waals surface area contributed by atoms with E-state index in [1.54, 1.807) is 6.20 Å². The highest BCUT2D eigenvalue weighted by molar-refractivity contribution is 7.80. The van der Waals surface area contributed by atoms with Crippen LogP contribution in [0.5, 0.6) is 0 Å². The van der Waals surface area contributed by atoms with Crippen molar-refractivity contribution in [3.05, 3.63) is 84.4 Å². The number of thiocarbonyl (C=S) groups is 1. The average molecular weight is 392 g/mol. The molecule has 1 saturated heterocycles. The topological polar surface area (TPSA) is 62.2 Å². The number of carbonyl (C=O) groups is 1. The second kappa shape index (κ2) is 7.82. The maximum Gasteiger partial charge on any atom is 0.244 e. The lowest BCUT2D eigenvalue weighted by Gasteiger charge is -2.26. The molecule has 0 bridgehead atoms. The van der Waals surface area contributed by atoms with Crippen LogP contribution in [0.25, 0.3) is 0 Å². The fourth-order valence-corrected chi connectivity index (χ4v) is 3.82. The van der Waals surface area contributed by atoms with Gasteiger partial charge in [-0.3, -0.25) is 9.78 Å². The van der Waals surface area contributed by atoms with Crippen LogP contribution in [0.2, 0.25) is 0 Å². The number of aromatic nitrogens is 2. The molecule has 2 atom stereocenters. The minimum Gasteiger partial charge on any atom is -0.357 e. The van der Waals surface area contributed by atoms with Crippen LogP contribution < -0.4 is 10.6 Å². The molecule has 1 fully saturated rings. The molecule has 1 aliphatic heterocycles. The maximum atomic E-state index is 12.7. The number of aryl methyl sites for hydroxylation is 1. The van der Waals surface area contributed by atoms with Crippen molar-refractivity contribution >= 4 is 28.9 Å². The van der Waals surface area contributed by atoms with Gasteiger partial charge < -0.3 is 20.1 Å². The third kappa shape index (κ3) is 3.75. The zero-order valence-corrected chi connectivity index (χ0v) is 16.3. The van der Waals surface area contributed by atoms with E-state index >= 15 is 0 Å². The Labute approximate surface area is 169 Å². The van der Waals surface area contributed by atoms with Crippen molar-refractivity contribution in [2.45, 2.75) is 12.1 Å². The number of nitrogens with zero attached hydrogens (tertiary/aromatic N) is 3. The average Bonchev–Trinajstić information content (AvgIpc) is 3.26. The molecule has 0 aliphatic carbocycles. The first-order valence-electron chi connectivity index (χ1n) is 9.06. The molecule has 1 aromatic carbocycles. The lowest BCUT2D eigenvalue weighted by Crippen LogP contribution is -2.37. The molecule has 0 unspecified atom stereocenters. The van der Waals surface area contributed by atoms with Crippen molar-refractivity contribution in [3.8, 4) is 0 Å². The molecule has 1 amide bonds. The van der Waals surface area contributed by atoms with Gasteiger partial charge in [0.25, 0.3) is 0 Å². The van der Waals surface area contributed by atoms with Crippen molar-refractivity contribution in [1.29, 1.82) is 0 Å². The molecular weight excluding hydrogens is 370 g/mol. The smallest absolute Gasteiger partial charge is 0.244 e. The van der Waals surface area contributed by atoms with E-state index in [2.05, 4.69) is 27.9 Å². The van der Waals surface area contributed by atoms with Gasteiger partial charge in [0.15, 0.2) is 5.11 Å². The van der Waals surface area contributed by atoms with E-state index in [-0.39, 0.29) is 24.5 Å². The van der Waals surface area contributed by atoms with Crippen LogP contribution in [-0.4, -0.2) is 32.0 Å². The van der Waals surface area contributed by atoms with Crippen molar-refractivity contribution in [2.75, 3.05) is 11.9 Å². The molecule has 3 heterocycles. The summed E-state index contributed by atoms with van der Waals surface area (Å²) in [6.45, 7) is 0.156. The Morgan fingerprint density at radius 3 is 2.64 bits per heavy atom. The minimum atomic E-state index is -0.124. The summed E-state index contributed by atoms with van der Waals surface area (Å²) >= 11 is 5.58. The maximum absolute atomic E-state index is 12.7. The largest absolute Gasteiger partial charge is 0.357 e. The highest BCUT2D eigenvalue weighted by atomic mass is 32.1. The second-order valence-electron chi connectivity index (χ2n) is 6.78. The molecule has 7 heteroatoms. The predicted octanol–water partition coefficient (Wildman–Crippen LogP) is 3.03. The van der Waals surface area contributed by atoms with Gasteiger partial charge in [0.2, 0.25) is 5.91 Å². The number of pyridine rings is 1. The molecule has 4 rings (SSSR count). The number of amides is 1. The number of hydrogen-bond acceptors (Lipinski definition) is 3. The number of rotatable bonds is 5. The Morgan fingerprint density at radius 1 is 1.18 bits per heavy atom. The Bertz CT molecular complexity index is 973. The highest BCUT2D eigenvalue weighted by Gasteiger charge is 2.40. The molecule has 0 spiro atoms. The van der Waals surface area contributed by atoms with Crippen molar-refractivity contribution < 1.29 is 4.79 Å². The molecule has 142 valence electrons. The minimum absolute atomic E-state index is 0.113. The van der Waals surface area contributed by atoms with E-state index in [9.17, 15) is 4.79 Å². The van der Waals surface area contributed by atoms with Crippen LogP contribution >= 0.6 is 12.2 Å². The zero-order valence-electron chi connectivity index (χ0n) is 15.4. The summed E-state index contributed by atoms with van der Waals surface area (Å²) in [5.41, 5.74) is 2.74. The Morgan fingerprint density at radius 2 is 1.96 bits per heavy atom. The molecule has 6 nitrogen and oxygen atoms in total. The van der Waals surface area contributed by atoms with Gasteiger partial charge in [-0.1, -0.05) is 24.3 Å². The third-order valence-corrected chi connectivity index (χ3v) is 5.12. The molecular formula is C21H21N5OS. The number of anilines is 1. The van der Waals surface area contributed by atoms with Gasteiger partial charge in [-0.15, -0.1) is 0 Å². The summed E-state index contributed by atoms with van der Waals surface area (Å²) in [7, 11) is 1.98. The summed E-state index contributed by atoms with van der Waals surface area (Å²) in [6, 6.07) is 17.1. The summed E-state index contributed by atoms with van der Waals surface area (Å²) in [5, 5.41) is 6.83. The number of carbonyl (C=O) groups excluding carboxylic acids is 1. The summed E-state index contributed by atoms with van der Waals surface area (Å²) in [6.07, 6.45) is 5.82. The van der Waals surface area contributed by atoms with Crippen molar-refractivity contribution in [2.24, 2.45) is 7.05 Å². The fourth-order valence-electron chi connectivity index (χ4n) is 3.52. The van der Waals surface area contributed by atoms with E-state index in [0.29, 0.717) is 5.11 Å². The van der Waals surface area contributed by atoms with E-state index in [4.69, 9.17) is 12.2 Å². The summed E-state index contributed by atoms with van der Waals surface area (Å²) in [4.78, 5) is 19.1. The van der Waals surface area contributed by atoms with Crippen LogP contribution in [-0.2, 0) is 11.8 Å². The van der Waals surface area contributed by atoms with E-state index in [0.717, 1.165) is 16.9 Å². The van der Waals surface area contributed by atoms with Gasteiger partial charge in [0, 0.05) is 31.3 Å². The molecule has 28 heavy (non-hydrogen) atoms. The van der Waals surface area contributed by atoms with E-state index in [1.807, 2.05) is 71.2 Å². The first-order valence-corrected chi connectivity index (χ1v) is 9.47. The molecule has 2 aromatic heterocycles. The molecule has 0 radical (unpaired) electrons. The molecule has 0 saturated carbocycles. The highest BCUT2D eigenvalue weighted by Crippen LogP contribution is 2.38. The second-order valence-corrected chi connectivity index (χ2v) is 7.17. The third-order valence-electron chi connectivity index (χ3n) is 4.77. The monoisotopic (exact) mass is 391 g/mol. The molecule has 1 aliphatic rings. The predicted molar refractivity (Wildman–Crippen MR) is 113 cm³/mol. The summed E-state index contributed by atoms with van der Waals surface area (Å²) < 4.78 is 1.99. The van der Waals surface area contributed by atoms with Crippen LogP contribution in [0.3, 0.4) is 0 Å². The SMILES string of the molecule is Cn1ccc([C@H]2[C@@H](c3ccccn3)NC(=S)N2CC(=O)Nc2ccccc2)c1. The summed E-state index contributed by atoms with van der Waals surface area (Å²) in [5.74, 6) is -0.113. The number of hydrogen-bond donors (Lipinski definition) is 2. The lowest BCUT2D eigenvalue weighted by molar-refractivity contribution is -0.116. The first-order chi connectivity index (χ1) is 13.6. The van der Waals surface area contributed by atoms with Gasteiger partial charge in [0.1, 0.15) is 6.54 Å². The van der Waals surface area contributed by atoms with Gasteiger partial charge in [-0.25, -0.2) is 0 Å². The zero-order chi connectivity index (χ0) is 19.5. The number of nitrogens with one attached hydrogen (secondary N) is 2. The Kier molecular flexibility index (Phi) is 5.08. The Hall–Kier alpha value is -3.19. The quantitative estimate of drug-likeness (QED) is 0.655. The lowest BCUT2D eigenvalue weighted by atomic mass is 9.99. The van der Waals surface area contributed by atoms with Crippen LogP contribution in [0, 0.1) is 0 Å². The molecule has 3 aromatic rings. The van der Waals surface area contributed by atoms with Gasteiger partial charge in [0.05, 0.1) is 17.8 Å². The number of benzene rings is 1. The van der Waals surface area contributed by atoms with Crippen LogP contribution in [0.15, 0.2) is 73.2 Å².